The largest absolute Gasteiger partial charge is 0.384 e. The van der Waals surface area contributed by atoms with Crippen molar-refractivity contribution in [3.63, 3.8) is 0 Å². The maximum atomic E-state index is 4.74. The molecule has 1 fully saturated rings. The standard InChI is InChI=1S/C24H33N5/c1-16(2)25-13-18-5-4-6-20-22(18)24(14-26-20)9-11-29(12-10-24)23-21-17(3)7-8-19(21)27-15-28-23/h4-6,15-17,25-26H,7-14H2,1-3H3. The van der Waals surface area contributed by atoms with E-state index in [1.165, 1.54) is 47.6 Å². The van der Waals surface area contributed by atoms with Crippen molar-refractivity contribution >= 4 is 11.5 Å². The highest BCUT2D eigenvalue weighted by Gasteiger charge is 2.43. The van der Waals surface area contributed by atoms with Crippen molar-refractivity contribution in [2.45, 2.75) is 70.4 Å². The topological polar surface area (TPSA) is 53.1 Å². The number of aromatic nitrogens is 2. The Labute approximate surface area is 174 Å². The van der Waals surface area contributed by atoms with Gasteiger partial charge in [-0.3, -0.25) is 0 Å². The van der Waals surface area contributed by atoms with Crippen LogP contribution < -0.4 is 15.5 Å². The van der Waals surface area contributed by atoms with Crippen molar-refractivity contribution in [1.82, 2.24) is 15.3 Å². The van der Waals surface area contributed by atoms with Crippen molar-refractivity contribution in [3.05, 3.63) is 46.9 Å². The Balaban J connectivity index is 1.40. The highest BCUT2D eigenvalue weighted by Crippen LogP contribution is 2.47. The summed E-state index contributed by atoms with van der Waals surface area (Å²) in [6.45, 7) is 10.9. The molecule has 2 aliphatic heterocycles. The molecule has 0 saturated carbocycles. The van der Waals surface area contributed by atoms with E-state index in [2.05, 4.69) is 59.5 Å². The van der Waals surface area contributed by atoms with Crippen LogP contribution >= 0.6 is 0 Å². The minimum Gasteiger partial charge on any atom is -0.384 e. The Morgan fingerprint density at radius 1 is 1.24 bits per heavy atom. The first-order valence-corrected chi connectivity index (χ1v) is 11.3. The van der Waals surface area contributed by atoms with Crippen molar-refractivity contribution in [1.29, 1.82) is 0 Å². The van der Waals surface area contributed by atoms with Gasteiger partial charge in [0.15, 0.2) is 0 Å². The highest BCUT2D eigenvalue weighted by molar-refractivity contribution is 5.64. The Morgan fingerprint density at radius 2 is 2.07 bits per heavy atom. The number of hydrogen-bond acceptors (Lipinski definition) is 5. The monoisotopic (exact) mass is 391 g/mol. The summed E-state index contributed by atoms with van der Waals surface area (Å²) >= 11 is 0. The molecule has 3 aliphatic rings. The van der Waals surface area contributed by atoms with Crippen LogP contribution in [0.3, 0.4) is 0 Å². The van der Waals surface area contributed by atoms with E-state index in [0.717, 1.165) is 32.6 Å². The lowest BCUT2D eigenvalue weighted by atomic mass is 9.72. The van der Waals surface area contributed by atoms with E-state index >= 15 is 0 Å². The Kier molecular flexibility index (Phi) is 4.73. The Hall–Kier alpha value is -2.14. The lowest BCUT2D eigenvalue weighted by Crippen LogP contribution is -2.45. The van der Waals surface area contributed by atoms with Crippen LogP contribution in [-0.4, -0.2) is 35.6 Å². The minimum atomic E-state index is 0.253. The number of nitrogens with one attached hydrogen (secondary N) is 2. The van der Waals surface area contributed by atoms with Crippen molar-refractivity contribution in [3.8, 4) is 0 Å². The number of fused-ring (bicyclic) bond motifs is 3. The Bertz CT molecular complexity index is 898. The molecule has 2 N–H and O–H groups in total. The number of rotatable bonds is 4. The van der Waals surface area contributed by atoms with Crippen LogP contribution in [0, 0.1) is 0 Å². The first-order chi connectivity index (χ1) is 14.1. The molecule has 3 heterocycles. The van der Waals surface area contributed by atoms with E-state index in [9.17, 15) is 0 Å². The van der Waals surface area contributed by atoms with Gasteiger partial charge in [-0.2, -0.15) is 0 Å². The van der Waals surface area contributed by atoms with Crippen LogP contribution in [0.4, 0.5) is 11.5 Å². The molecule has 29 heavy (non-hydrogen) atoms. The number of anilines is 2. The fourth-order valence-corrected chi connectivity index (χ4v) is 5.64. The number of piperidine rings is 1. The first-order valence-electron chi connectivity index (χ1n) is 11.3. The van der Waals surface area contributed by atoms with Gasteiger partial charge in [-0.25, -0.2) is 9.97 Å². The van der Waals surface area contributed by atoms with Crippen LogP contribution in [0.15, 0.2) is 24.5 Å². The van der Waals surface area contributed by atoms with Crippen LogP contribution in [0.2, 0.25) is 0 Å². The summed E-state index contributed by atoms with van der Waals surface area (Å²) in [6.07, 6.45) is 6.45. The summed E-state index contributed by atoms with van der Waals surface area (Å²) in [5.74, 6) is 1.79. The average molecular weight is 392 g/mol. The van der Waals surface area contributed by atoms with Gasteiger partial charge in [0.25, 0.3) is 0 Å². The summed E-state index contributed by atoms with van der Waals surface area (Å²) in [5, 5.41) is 7.35. The zero-order valence-corrected chi connectivity index (χ0v) is 18.0. The molecule has 2 aromatic rings. The van der Waals surface area contributed by atoms with Crippen molar-refractivity contribution in [2.75, 3.05) is 29.9 Å². The zero-order valence-electron chi connectivity index (χ0n) is 18.0. The molecule has 5 heteroatoms. The molecule has 5 nitrogen and oxygen atoms in total. The number of benzene rings is 1. The van der Waals surface area contributed by atoms with E-state index in [-0.39, 0.29) is 5.41 Å². The summed E-state index contributed by atoms with van der Waals surface area (Å²) < 4.78 is 0. The fraction of sp³-hybridized carbons (Fsp3) is 0.583. The minimum absolute atomic E-state index is 0.253. The van der Waals surface area contributed by atoms with Crippen LogP contribution in [0.25, 0.3) is 0 Å². The maximum Gasteiger partial charge on any atom is 0.135 e. The second kappa shape index (κ2) is 7.28. The smallest absolute Gasteiger partial charge is 0.135 e. The van der Waals surface area contributed by atoms with Gasteiger partial charge in [0, 0.05) is 54.6 Å². The van der Waals surface area contributed by atoms with Gasteiger partial charge >= 0.3 is 0 Å². The van der Waals surface area contributed by atoms with Gasteiger partial charge in [0.2, 0.25) is 0 Å². The molecule has 5 rings (SSSR count). The lowest BCUT2D eigenvalue weighted by molar-refractivity contribution is 0.357. The molecule has 1 atom stereocenters. The van der Waals surface area contributed by atoms with E-state index in [4.69, 9.17) is 4.98 Å². The molecule has 0 amide bonds. The summed E-state index contributed by atoms with van der Waals surface area (Å²) in [6, 6.07) is 7.27. The van der Waals surface area contributed by atoms with E-state index in [1.54, 1.807) is 11.9 Å². The quantitative estimate of drug-likeness (QED) is 0.825. The maximum absolute atomic E-state index is 4.74. The van der Waals surface area contributed by atoms with E-state index in [1.807, 2.05) is 0 Å². The molecule has 1 saturated heterocycles. The van der Waals surface area contributed by atoms with E-state index < -0.39 is 0 Å². The number of hydrogen-bond donors (Lipinski definition) is 2. The second-order valence-corrected chi connectivity index (χ2v) is 9.49. The van der Waals surface area contributed by atoms with Gasteiger partial charge in [0.05, 0.1) is 0 Å². The Morgan fingerprint density at radius 3 is 2.86 bits per heavy atom. The van der Waals surface area contributed by atoms with Crippen molar-refractivity contribution < 1.29 is 0 Å². The van der Waals surface area contributed by atoms with Crippen LogP contribution in [0.1, 0.15) is 68.3 Å². The number of aryl methyl sites for hydroxylation is 1. The molecule has 154 valence electrons. The molecule has 1 aromatic carbocycles. The van der Waals surface area contributed by atoms with Gasteiger partial charge in [-0.05, 0) is 48.8 Å². The van der Waals surface area contributed by atoms with E-state index in [0.29, 0.717) is 12.0 Å². The molecule has 1 unspecified atom stereocenters. The van der Waals surface area contributed by atoms with Crippen LogP contribution in [-0.2, 0) is 18.4 Å². The summed E-state index contributed by atoms with van der Waals surface area (Å²) in [5.41, 5.74) is 7.31. The predicted octanol–water partition coefficient (Wildman–Crippen LogP) is 3.99. The molecule has 1 aromatic heterocycles. The summed E-state index contributed by atoms with van der Waals surface area (Å²) in [4.78, 5) is 11.8. The highest BCUT2D eigenvalue weighted by atomic mass is 15.2. The average Bonchev–Trinajstić information content (AvgIpc) is 3.29. The second-order valence-electron chi connectivity index (χ2n) is 9.49. The molecule has 0 radical (unpaired) electrons. The molecule has 1 spiro atoms. The summed E-state index contributed by atoms with van der Waals surface area (Å²) in [7, 11) is 0. The molecule has 1 aliphatic carbocycles. The van der Waals surface area contributed by atoms with Crippen LogP contribution in [0.5, 0.6) is 0 Å². The normalized spacial score (nSPS) is 22.1. The first kappa shape index (κ1) is 18.9. The number of nitrogens with zero attached hydrogens (tertiary/aromatic N) is 3. The molecular weight excluding hydrogens is 358 g/mol. The third-order valence-electron chi connectivity index (χ3n) is 7.27. The predicted molar refractivity (Wildman–Crippen MR) is 119 cm³/mol. The van der Waals surface area contributed by atoms with Crippen molar-refractivity contribution in [2.24, 2.45) is 0 Å². The molecular formula is C24H33N5. The van der Waals surface area contributed by atoms with Gasteiger partial charge in [-0.15, -0.1) is 0 Å². The molecule has 0 bridgehead atoms. The lowest BCUT2D eigenvalue weighted by Gasteiger charge is -2.41. The SMILES string of the molecule is CC(C)NCc1cccc2c1C1(CCN(c3ncnc4c3C(C)CC4)CC1)CN2. The van der Waals surface area contributed by atoms with Gasteiger partial charge in [-0.1, -0.05) is 32.9 Å². The van der Waals surface area contributed by atoms with Gasteiger partial charge < -0.3 is 15.5 Å². The fourth-order valence-electron chi connectivity index (χ4n) is 5.64. The zero-order chi connectivity index (χ0) is 20.0. The third-order valence-corrected chi connectivity index (χ3v) is 7.27. The third kappa shape index (κ3) is 3.20. The van der Waals surface area contributed by atoms with Gasteiger partial charge in [0.1, 0.15) is 12.1 Å².